The van der Waals surface area contributed by atoms with Gasteiger partial charge in [0.1, 0.15) is 0 Å². The zero-order valence-electron chi connectivity index (χ0n) is 13.1. The summed E-state index contributed by atoms with van der Waals surface area (Å²) in [5.41, 5.74) is 1.42. The lowest BCUT2D eigenvalue weighted by Gasteiger charge is -2.13. The normalized spacial score (nSPS) is 12.0. The van der Waals surface area contributed by atoms with E-state index in [2.05, 4.69) is 0 Å². The molecule has 0 saturated carbocycles. The van der Waals surface area contributed by atoms with Gasteiger partial charge in [0.15, 0.2) is 5.78 Å². The van der Waals surface area contributed by atoms with Crippen LogP contribution < -0.4 is 0 Å². The fourth-order valence-corrected chi connectivity index (χ4v) is 2.90. The second-order valence-electron chi connectivity index (χ2n) is 5.81. The first-order chi connectivity index (χ1) is 11.6. The van der Waals surface area contributed by atoms with Gasteiger partial charge in [-0.15, -0.1) is 0 Å². The van der Waals surface area contributed by atoms with Gasteiger partial charge in [0, 0.05) is 16.9 Å². The highest BCUT2D eigenvalue weighted by Gasteiger charge is 2.22. The monoisotopic (exact) mass is 319 g/mol. The van der Waals surface area contributed by atoms with Crippen molar-refractivity contribution in [2.45, 2.75) is 12.3 Å². The number of nitro groups is 1. The van der Waals surface area contributed by atoms with E-state index in [4.69, 9.17) is 0 Å². The molecule has 0 N–H and O–H groups in total. The molecule has 3 aromatic carbocycles. The van der Waals surface area contributed by atoms with Crippen molar-refractivity contribution >= 4 is 16.6 Å². The summed E-state index contributed by atoms with van der Waals surface area (Å²) in [5.74, 6) is -0.489. The Bertz CT molecular complexity index is 874. The molecular formula is C20H17NO3. The zero-order chi connectivity index (χ0) is 16.9. The van der Waals surface area contributed by atoms with E-state index in [0.29, 0.717) is 5.56 Å². The van der Waals surface area contributed by atoms with Crippen LogP contribution in [-0.2, 0) is 0 Å². The first kappa shape index (κ1) is 15.9. The largest absolute Gasteiger partial charge is 0.294 e. The van der Waals surface area contributed by atoms with Crippen molar-refractivity contribution in [3.63, 3.8) is 0 Å². The molecule has 3 rings (SSSR count). The summed E-state index contributed by atoms with van der Waals surface area (Å²) in [7, 11) is 0. The van der Waals surface area contributed by atoms with Crippen LogP contribution in [0.2, 0.25) is 0 Å². The van der Waals surface area contributed by atoms with Crippen molar-refractivity contribution in [2.24, 2.45) is 0 Å². The van der Waals surface area contributed by atoms with Gasteiger partial charge in [-0.05, 0) is 22.4 Å². The number of carbonyl (C=O) groups is 1. The predicted molar refractivity (Wildman–Crippen MR) is 93.9 cm³/mol. The number of benzene rings is 3. The summed E-state index contributed by atoms with van der Waals surface area (Å²) in [5, 5.41) is 13.0. The number of nitrogens with zero attached hydrogens (tertiary/aromatic N) is 1. The van der Waals surface area contributed by atoms with Gasteiger partial charge in [-0.3, -0.25) is 14.9 Å². The smallest absolute Gasteiger partial charge is 0.211 e. The van der Waals surface area contributed by atoms with Gasteiger partial charge in [0.2, 0.25) is 6.54 Å². The zero-order valence-corrected chi connectivity index (χ0v) is 13.1. The Morgan fingerprint density at radius 1 is 0.917 bits per heavy atom. The number of hydrogen-bond donors (Lipinski definition) is 0. The third-order valence-electron chi connectivity index (χ3n) is 4.14. The molecule has 120 valence electrons. The molecular weight excluding hydrogens is 302 g/mol. The Labute approximate surface area is 139 Å². The van der Waals surface area contributed by atoms with E-state index in [1.165, 1.54) is 0 Å². The molecule has 0 aliphatic carbocycles. The summed E-state index contributed by atoms with van der Waals surface area (Å²) in [6.07, 6.45) is 0.128. The Hall–Kier alpha value is -3.01. The first-order valence-corrected chi connectivity index (χ1v) is 7.82. The predicted octanol–water partition coefficient (Wildman–Crippen LogP) is 4.47. The lowest BCUT2D eigenvalue weighted by atomic mass is 9.91. The standard InChI is InChI=1S/C20H17NO3/c22-20(18-11-10-16-8-4-5-9-17(16)12-18)13-19(14-21(23)24)15-6-2-1-3-7-15/h1-12,19H,13-14H2/t19-/m1/s1. The third kappa shape index (κ3) is 3.66. The van der Waals surface area contributed by atoms with Crippen LogP contribution in [-0.4, -0.2) is 17.3 Å². The third-order valence-corrected chi connectivity index (χ3v) is 4.14. The van der Waals surface area contributed by atoms with Gasteiger partial charge in [-0.2, -0.15) is 0 Å². The van der Waals surface area contributed by atoms with Crippen LogP contribution in [0.1, 0.15) is 28.3 Å². The number of fused-ring (bicyclic) bond motifs is 1. The molecule has 0 heterocycles. The van der Waals surface area contributed by atoms with Crippen molar-refractivity contribution in [1.82, 2.24) is 0 Å². The Morgan fingerprint density at radius 3 is 2.29 bits per heavy atom. The quantitative estimate of drug-likeness (QED) is 0.382. The first-order valence-electron chi connectivity index (χ1n) is 7.82. The molecule has 1 atom stereocenters. The van der Waals surface area contributed by atoms with Gasteiger partial charge < -0.3 is 0 Å². The van der Waals surface area contributed by atoms with E-state index in [9.17, 15) is 14.9 Å². The number of rotatable bonds is 6. The molecule has 4 nitrogen and oxygen atoms in total. The van der Waals surface area contributed by atoms with E-state index in [0.717, 1.165) is 16.3 Å². The highest BCUT2D eigenvalue weighted by molar-refractivity contribution is 6.00. The van der Waals surface area contributed by atoms with Crippen LogP contribution >= 0.6 is 0 Å². The van der Waals surface area contributed by atoms with Crippen LogP contribution in [0.15, 0.2) is 72.8 Å². The molecule has 4 heteroatoms. The maximum atomic E-state index is 12.6. The summed E-state index contributed by atoms with van der Waals surface area (Å²) in [6, 6.07) is 22.6. The molecule has 3 aromatic rings. The molecule has 0 radical (unpaired) electrons. The van der Waals surface area contributed by atoms with Gasteiger partial charge in [-0.1, -0.05) is 66.7 Å². The fraction of sp³-hybridized carbons (Fsp3) is 0.150. The molecule has 0 saturated heterocycles. The highest BCUT2D eigenvalue weighted by Crippen LogP contribution is 2.24. The molecule has 0 bridgehead atoms. The highest BCUT2D eigenvalue weighted by atomic mass is 16.6. The van der Waals surface area contributed by atoms with Crippen LogP contribution in [0.4, 0.5) is 0 Å². The molecule has 0 aliphatic rings. The molecule has 0 amide bonds. The number of hydrogen-bond acceptors (Lipinski definition) is 3. The number of carbonyl (C=O) groups excluding carboxylic acids is 1. The van der Waals surface area contributed by atoms with Crippen molar-refractivity contribution in [3.05, 3.63) is 94.0 Å². The summed E-state index contributed by atoms with van der Waals surface area (Å²) < 4.78 is 0. The van der Waals surface area contributed by atoms with Crippen LogP contribution in [0.5, 0.6) is 0 Å². The molecule has 0 unspecified atom stereocenters. The average molecular weight is 319 g/mol. The second kappa shape index (κ2) is 7.04. The Morgan fingerprint density at radius 2 is 1.58 bits per heavy atom. The van der Waals surface area contributed by atoms with E-state index in [-0.39, 0.29) is 23.7 Å². The molecule has 0 fully saturated rings. The minimum absolute atomic E-state index is 0.0727. The van der Waals surface area contributed by atoms with Crippen LogP contribution in [0.25, 0.3) is 10.8 Å². The average Bonchev–Trinajstić information content (AvgIpc) is 2.61. The van der Waals surface area contributed by atoms with Crippen molar-refractivity contribution in [3.8, 4) is 0 Å². The van der Waals surface area contributed by atoms with Crippen molar-refractivity contribution in [1.29, 1.82) is 0 Å². The lowest BCUT2D eigenvalue weighted by molar-refractivity contribution is -0.483. The molecule has 24 heavy (non-hydrogen) atoms. The second-order valence-corrected chi connectivity index (χ2v) is 5.81. The van der Waals surface area contributed by atoms with Crippen LogP contribution in [0, 0.1) is 10.1 Å². The van der Waals surface area contributed by atoms with E-state index in [1.54, 1.807) is 6.07 Å². The Kier molecular flexibility index (Phi) is 4.66. The number of ketones is 1. The molecule has 0 aliphatic heterocycles. The SMILES string of the molecule is O=C(C[C@H](C[N+](=O)[O-])c1ccccc1)c1ccc2ccccc2c1. The Balaban J connectivity index is 1.85. The van der Waals surface area contributed by atoms with E-state index >= 15 is 0 Å². The van der Waals surface area contributed by atoms with Gasteiger partial charge >= 0.3 is 0 Å². The van der Waals surface area contributed by atoms with Crippen molar-refractivity contribution in [2.75, 3.05) is 6.54 Å². The fourth-order valence-electron chi connectivity index (χ4n) is 2.90. The molecule has 0 spiro atoms. The van der Waals surface area contributed by atoms with E-state index < -0.39 is 5.92 Å². The summed E-state index contributed by atoms with van der Waals surface area (Å²) >= 11 is 0. The van der Waals surface area contributed by atoms with Crippen molar-refractivity contribution < 1.29 is 9.72 Å². The minimum Gasteiger partial charge on any atom is -0.294 e. The topological polar surface area (TPSA) is 60.2 Å². The van der Waals surface area contributed by atoms with Crippen LogP contribution in [0.3, 0.4) is 0 Å². The summed E-state index contributed by atoms with van der Waals surface area (Å²) in [6.45, 7) is -0.247. The maximum Gasteiger partial charge on any atom is 0.211 e. The molecule has 0 aromatic heterocycles. The lowest BCUT2D eigenvalue weighted by Crippen LogP contribution is -2.16. The van der Waals surface area contributed by atoms with Gasteiger partial charge in [0.05, 0.1) is 5.92 Å². The maximum absolute atomic E-state index is 12.6. The minimum atomic E-state index is -0.417. The van der Waals surface area contributed by atoms with Gasteiger partial charge in [-0.25, -0.2) is 0 Å². The number of Topliss-reactive ketones (excluding diaryl/α,β-unsaturated/α-hetero) is 1. The summed E-state index contributed by atoms with van der Waals surface area (Å²) in [4.78, 5) is 23.2. The van der Waals surface area contributed by atoms with Gasteiger partial charge in [0.25, 0.3) is 0 Å². The van der Waals surface area contributed by atoms with E-state index in [1.807, 2.05) is 66.7 Å².